The van der Waals surface area contributed by atoms with Crippen molar-refractivity contribution in [2.75, 3.05) is 13.2 Å². The summed E-state index contributed by atoms with van der Waals surface area (Å²) >= 11 is 0. The van der Waals surface area contributed by atoms with Crippen molar-refractivity contribution < 1.29 is 4.74 Å². The molecule has 0 unspecified atom stereocenters. The highest BCUT2D eigenvalue weighted by atomic mass is 16.5. The average molecular weight is 199 g/mol. The number of nitrogens with zero attached hydrogens (tertiary/aromatic N) is 1. The first-order valence-corrected chi connectivity index (χ1v) is 6.01. The molecule has 0 aromatic heterocycles. The lowest BCUT2D eigenvalue weighted by Crippen LogP contribution is -1.80. The standard InChI is InChI=1S/C9H20.C3H5NO/c1-3-5-7-9-8-6-4-2;1-2-5-3-4-1/h3-9H2,1-2H3;3H,1-2H2. The van der Waals surface area contributed by atoms with Crippen LogP contribution >= 0.6 is 0 Å². The first-order valence-electron chi connectivity index (χ1n) is 6.01. The van der Waals surface area contributed by atoms with Crippen molar-refractivity contribution in [3.8, 4) is 0 Å². The van der Waals surface area contributed by atoms with Crippen molar-refractivity contribution in [1.82, 2.24) is 0 Å². The Labute approximate surface area is 88.8 Å². The summed E-state index contributed by atoms with van der Waals surface area (Å²) in [7, 11) is 0. The minimum Gasteiger partial charge on any atom is -0.482 e. The van der Waals surface area contributed by atoms with Crippen LogP contribution in [0.2, 0.25) is 0 Å². The Morgan fingerprint density at radius 3 is 1.86 bits per heavy atom. The van der Waals surface area contributed by atoms with E-state index in [1.165, 1.54) is 51.3 Å². The fraction of sp³-hybridized carbons (Fsp3) is 0.917. The summed E-state index contributed by atoms with van der Waals surface area (Å²) in [5.74, 6) is 0. The second kappa shape index (κ2) is 12.5. The Balaban J connectivity index is 0.000000280. The maximum absolute atomic E-state index is 4.65. The minimum atomic E-state index is 0.778. The van der Waals surface area contributed by atoms with Crippen molar-refractivity contribution >= 4 is 6.40 Å². The van der Waals surface area contributed by atoms with Crippen molar-refractivity contribution in [3.63, 3.8) is 0 Å². The molecule has 0 aromatic rings. The van der Waals surface area contributed by atoms with E-state index in [1.54, 1.807) is 0 Å². The summed E-state index contributed by atoms with van der Waals surface area (Å²) in [6.45, 7) is 6.15. The number of hydrogen-bond donors (Lipinski definition) is 0. The van der Waals surface area contributed by atoms with Crippen molar-refractivity contribution in [2.45, 2.75) is 58.8 Å². The van der Waals surface area contributed by atoms with Gasteiger partial charge < -0.3 is 4.74 Å². The third kappa shape index (κ3) is 11.5. The van der Waals surface area contributed by atoms with E-state index in [2.05, 4.69) is 23.6 Å². The van der Waals surface area contributed by atoms with Gasteiger partial charge in [-0.15, -0.1) is 0 Å². The molecule has 1 rings (SSSR count). The molecule has 1 heterocycles. The van der Waals surface area contributed by atoms with Crippen LogP contribution in [0.25, 0.3) is 0 Å². The molecule has 2 nitrogen and oxygen atoms in total. The van der Waals surface area contributed by atoms with Gasteiger partial charge in [0.2, 0.25) is 0 Å². The van der Waals surface area contributed by atoms with Crippen LogP contribution in [0.15, 0.2) is 4.99 Å². The van der Waals surface area contributed by atoms with E-state index in [9.17, 15) is 0 Å². The molecule has 0 N–H and O–H groups in total. The van der Waals surface area contributed by atoms with Gasteiger partial charge in [-0.2, -0.15) is 0 Å². The van der Waals surface area contributed by atoms with E-state index in [0.29, 0.717) is 0 Å². The lowest BCUT2D eigenvalue weighted by molar-refractivity contribution is 0.361. The van der Waals surface area contributed by atoms with E-state index < -0.39 is 0 Å². The highest BCUT2D eigenvalue weighted by Gasteiger charge is 1.86. The van der Waals surface area contributed by atoms with Crippen LogP contribution < -0.4 is 0 Å². The second-order valence-corrected chi connectivity index (χ2v) is 3.65. The van der Waals surface area contributed by atoms with Gasteiger partial charge in [0.1, 0.15) is 6.61 Å². The molecule has 0 amide bonds. The minimum absolute atomic E-state index is 0.778. The van der Waals surface area contributed by atoms with Gasteiger partial charge in [0.25, 0.3) is 0 Å². The molecule has 0 fully saturated rings. The molecular formula is C12H25NO. The highest BCUT2D eigenvalue weighted by Crippen LogP contribution is 2.05. The van der Waals surface area contributed by atoms with Crippen LogP contribution in [0.1, 0.15) is 58.8 Å². The summed E-state index contributed by atoms with van der Waals surface area (Å²) in [4.78, 5) is 3.74. The fourth-order valence-corrected chi connectivity index (χ4v) is 1.29. The van der Waals surface area contributed by atoms with Crippen molar-refractivity contribution in [2.24, 2.45) is 4.99 Å². The molecule has 1 aliphatic rings. The van der Waals surface area contributed by atoms with Crippen molar-refractivity contribution in [1.29, 1.82) is 0 Å². The van der Waals surface area contributed by atoms with E-state index in [4.69, 9.17) is 0 Å². The fourth-order valence-electron chi connectivity index (χ4n) is 1.29. The zero-order valence-electron chi connectivity index (χ0n) is 9.80. The summed E-state index contributed by atoms with van der Waals surface area (Å²) in [5.41, 5.74) is 0. The molecule has 0 aliphatic carbocycles. The maximum atomic E-state index is 4.65. The van der Waals surface area contributed by atoms with Crippen LogP contribution in [0.5, 0.6) is 0 Å². The first kappa shape index (κ1) is 13.5. The lowest BCUT2D eigenvalue weighted by atomic mass is 10.1. The molecule has 0 bridgehead atoms. The van der Waals surface area contributed by atoms with Crippen LogP contribution in [0, 0.1) is 0 Å². The molecule has 0 aromatic carbocycles. The molecule has 0 saturated heterocycles. The second-order valence-electron chi connectivity index (χ2n) is 3.65. The zero-order chi connectivity index (χ0) is 10.5. The SMILES string of the molecule is C1=NCCO1.CCCCCCCCC. The monoisotopic (exact) mass is 199 g/mol. The van der Waals surface area contributed by atoms with Crippen LogP contribution in [0.3, 0.4) is 0 Å². The van der Waals surface area contributed by atoms with Crippen molar-refractivity contribution in [3.05, 3.63) is 0 Å². The molecular weight excluding hydrogens is 174 g/mol. The third-order valence-electron chi connectivity index (χ3n) is 2.19. The van der Waals surface area contributed by atoms with Crippen LogP contribution in [-0.4, -0.2) is 19.6 Å². The molecule has 84 valence electrons. The zero-order valence-corrected chi connectivity index (χ0v) is 9.80. The smallest absolute Gasteiger partial charge is 0.169 e. The van der Waals surface area contributed by atoms with Crippen LogP contribution in [-0.2, 0) is 4.74 Å². The molecule has 0 spiro atoms. The predicted octanol–water partition coefficient (Wildman–Crippen LogP) is 3.80. The van der Waals surface area contributed by atoms with Gasteiger partial charge in [0.05, 0.1) is 6.54 Å². The van der Waals surface area contributed by atoms with Gasteiger partial charge in [-0.25, -0.2) is 0 Å². The topological polar surface area (TPSA) is 21.6 Å². The molecule has 1 aliphatic heterocycles. The van der Waals surface area contributed by atoms with Gasteiger partial charge in [-0.1, -0.05) is 58.8 Å². The van der Waals surface area contributed by atoms with Gasteiger partial charge in [0, 0.05) is 0 Å². The predicted molar refractivity (Wildman–Crippen MR) is 63.0 cm³/mol. The Bertz CT molecular complexity index is 111. The Kier molecular flexibility index (Phi) is 12.0. The summed E-state index contributed by atoms with van der Waals surface area (Å²) < 4.78 is 4.65. The van der Waals surface area contributed by atoms with E-state index in [-0.39, 0.29) is 0 Å². The quantitative estimate of drug-likeness (QED) is 0.596. The Morgan fingerprint density at radius 1 is 1.00 bits per heavy atom. The number of rotatable bonds is 6. The molecule has 2 heteroatoms. The molecule has 14 heavy (non-hydrogen) atoms. The van der Waals surface area contributed by atoms with Crippen LogP contribution in [0.4, 0.5) is 0 Å². The van der Waals surface area contributed by atoms with E-state index in [1.807, 2.05) is 0 Å². The van der Waals surface area contributed by atoms with Gasteiger partial charge >= 0.3 is 0 Å². The molecule has 0 radical (unpaired) electrons. The largest absolute Gasteiger partial charge is 0.482 e. The van der Waals surface area contributed by atoms with Gasteiger partial charge in [-0.3, -0.25) is 4.99 Å². The summed E-state index contributed by atoms with van der Waals surface area (Å²) in [5, 5.41) is 0. The van der Waals surface area contributed by atoms with E-state index >= 15 is 0 Å². The lowest BCUT2D eigenvalue weighted by Gasteiger charge is -1.96. The Hall–Kier alpha value is -0.530. The van der Waals surface area contributed by atoms with Gasteiger partial charge in [-0.05, 0) is 0 Å². The average Bonchev–Trinajstić information content (AvgIpc) is 2.76. The molecule has 0 atom stereocenters. The molecule has 0 saturated carbocycles. The highest BCUT2D eigenvalue weighted by molar-refractivity contribution is 5.47. The Morgan fingerprint density at radius 2 is 1.57 bits per heavy atom. The van der Waals surface area contributed by atoms with E-state index in [0.717, 1.165) is 13.2 Å². The number of ether oxygens (including phenoxy) is 1. The summed E-state index contributed by atoms with van der Waals surface area (Å²) in [6, 6.07) is 0. The number of aliphatic imine (C=N–C) groups is 1. The summed E-state index contributed by atoms with van der Waals surface area (Å²) in [6.07, 6.45) is 11.5. The first-order chi connectivity index (χ1) is 6.91. The number of hydrogen-bond acceptors (Lipinski definition) is 2. The normalized spacial score (nSPS) is 13.3. The maximum Gasteiger partial charge on any atom is 0.169 e. The number of unbranched alkanes of at least 4 members (excludes halogenated alkanes) is 6. The third-order valence-corrected chi connectivity index (χ3v) is 2.19. The van der Waals surface area contributed by atoms with Gasteiger partial charge in [0.15, 0.2) is 6.40 Å².